The van der Waals surface area contributed by atoms with Crippen LogP contribution >= 0.6 is 0 Å². The number of hydrogen-bond donors (Lipinski definition) is 0. The van der Waals surface area contributed by atoms with E-state index in [0.717, 1.165) is 29.9 Å². The van der Waals surface area contributed by atoms with Crippen LogP contribution in [-0.2, 0) is 4.79 Å². The van der Waals surface area contributed by atoms with Crippen molar-refractivity contribution >= 4 is 11.4 Å². The first-order valence-electron chi connectivity index (χ1n) is 6.07. The number of aromatic nitrogens is 3. The van der Waals surface area contributed by atoms with Crippen molar-refractivity contribution in [1.29, 1.82) is 0 Å². The Morgan fingerprint density at radius 1 is 1.35 bits per heavy atom. The molecule has 4 heteroatoms. The Morgan fingerprint density at radius 2 is 2.12 bits per heavy atom. The molecule has 2 aromatic rings. The third kappa shape index (κ3) is 1.84. The summed E-state index contributed by atoms with van der Waals surface area (Å²) in [7, 11) is 0. The summed E-state index contributed by atoms with van der Waals surface area (Å²) in [4.78, 5) is 15.8. The average molecular weight is 229 g/mol. The minimum absolute atomic E-state index is 0.354. The molecule has 0 N–H and O–H groups in total. The van der Waals surface area contributed by atoms with Gasteiger partial charge in [0.1, 0.15) is 5.78 Å². The van der Waals surface area contributed by atoms with Gasteiger partial charge in [-0.3, -0.25) is 4.79 Å². The number of carbonyl (C=O) groups excluding carboxylic acids is 1. The van der Waals surface area contributed by atoms with E-state index >= 15 is 0 Å². The van der Waals surface area contributed by atoms with E-state index in [1.165, 1.54) is 0 Å². The highest BCUT2D eigenvalue weighted by molar-refractivity contribution is 5.79. The summed E-state index contributed by atoms with van der Waals surface area (Å²) < 4.78 is 1.83. The molecule has 0 aromatic carbocycles. The topological polar surface area (TPSA) is 47.3 Å². The number of hydrogen-bond acceptors (Lipinski definition) is 3. The number of pyridine rings is 1. The summed E-state index contributed by atoms with van der Waals surface area (Å²) in [5.74, 6) is 1.62. The number of Topliss-reactive ketones (excluding diaryl/α,β-unsaturated/α-hetero) is 1. The minimum Gasteiger partial charge on any atom is -0.300 e. The van der Waals surface area contributed by atoms with Gasteiger partial charge in [-0.25, -0.2) is 9.50 Å². The Kier molecular flexibility index (Phi) is 2.42. The summed E-state index contributed by atoms with van der Waals surface area (Å²) in [5, 5.41) is 4.52. The van der Waals surface area contributed by atoms with Crippen molar-refractivity contribution in [3.8, 4) is 0 Å². The van der Waals surface area contributed by atoms with Crippen molar-refractivity contribution in [3.63, 3.8) is 0 Å². The first-order valence-corrected chi connectivity index (χ1v) is 6.07. The van der Waals surface area contributed by atoms with Crippen molar-refractivity contribution in [1.82, 2.24) is 14.6 Å². The molecule has 1 aliphatic rings. The normalized spacial score (nSPS) is 17.8. The Morgan fingerprint density at radius 3 is 2.82 bits per heavy atom. The van der Waals surface area contributed by atoms with Crippen molar-refractivity contribution in [2.24, 2.45) is 0 Å². The first kappa shape index (κ1) is 10.4. The van der Waals surface area contributed by atoms with E-state index in [9.17, 15) is 4.79 Å². The predicted molar refractivity (Wildman–Crippen MR) is 63.9 cm³/mol. The van der Waals surface area contributed by atoms with Gasteiger partial charge in [0.2, 0.25) is 0 Å². The third-order valence-electron chi connectivity index (χ3n) is 3.48. The second-order valence-corrected chi connectivity index (χ2v) is 4.74. The summed E-state index contributed by atoms with van der Waals surface area (Å²) in [6, 6.07) is 4.02. The third-order valence-corrected chi connectivity index (χ3v) is 3.48. The summed E-state index contributed by atoms with van der Waals surface area (Å²) in [6.45, 7) is 2.04. The van der Waals surface area contributed by atoms with Gasteiger partial charge < -0.3 is 0 Å². The molecule has 17 heavy (non-hydrogen) atoms. The number of fused-ring (bicyclic) bond motifs is 1. The molecule has 88 valence electrons. The molecule has 2 heterocycles. The lowest BCUT2D eigenvalue weighted by Crippen LogP contribution is -2.13. The van der Waals surface area contributed by atoms with Gasteiger partial charge in [0, 0.05) is 25.0 Å². The number of ketones is 1. The molecule has 0 radical (unpaired) electrons. The fraction of sp³-hybridized carbons (Fsp3) is 0.462. The van der Waals surface area contributed by atoms with Gasteiger partial charge in [-0.15, -0.1) is 0 Å². The van der Waals surface area contributed by atoms with Crippen LogP contribution in [0.25, 0.3) is 5.65 Å². The van der Waals surface area contributed by atoms with E-state index in [2.05, 4.69) is 10.1 Å². The van der Waals surface area contributed by atoms with E-state index in [4.69, 9.17) is 0 Å². The fourth-order valence-electron chi connectivity index (χ4n) is 2.43. The van der Waals surface area contributed by atoms with E-state index in [0.29, 0.717) is 24.5 Å². The lowest BCUT2D eigenvalue weighted by molar-refractivity contribution is -0.120. The van der Waals surface area contributed by atoms with Crippen LogP contribution in [0.2, 0.25) is 0 Å². The van der Waals surface area contributed by atoms with Crippen LogP contribution in [0, 0.1) is 6.92 Å². The Hall–Kier alpha value is -1.71. The number of nitrogens with zero attached hydrogens (tertiary/aromatic N) is 3. The van der Waals surface area contributed by atoms with Crippen LogP contribution in [0.4, 0.5) is 0 Å². The standard InChI is InChI=1S/C13H15N3O/c1-9-3-2-8-16-13(9)14-12(15-16)10-4-6-11(17)7-5-10/h2-3,8,10H,4-7H2,1H3. The lowest BCUT2D eigenvalue weighted by atomic mass is 9.88. The summed E-state index contributed by atoms with van der Waals surface area (Å²) in [6.07, 6.45) is 5.08. The van der Waals surface area contributed by atoms with E-state index in [-0.39, 0.29) is 0 Å². The lowest BCUT2D eigenvalue weighted by Gasteiger charge is -2.17. The summed E-state index contributed by atoms with van der Waals surface area (Å²) in [5.41, 5.74) is 2.07. The molecule has 0 amide bonds. The zero-order chi connectivity index (χ0) is 11.8. The highest BCUT2D eigenvalue weighted by Gasteiger charge is 2.23. The SMILES string of the molecule is Cc1cccn2nc(C3CCC(=O)CC3)nc12. The zero-order valence-electron chi connectivity index (χ0n) is 9.89. The maximum absolute atomic E-state index is 11.2. The number of rotatable bonds is 1. The highest BCUT2D eigenvalue weighted by atomic mass is 16.1. The van der Waals surface area contributed by atoms with Gasteiger partial charge in [0.05, 0.1) is 0 Å². The van der Waals surface area contributed by atoms with E-state index in [1.54, 1.807) is 0 Å². The van der Waals surface area contributed by atoms with Gasteiger partial charge in [-0.05, 0) is 31.4 Å². The molecular formula is C13H15N3O. The molecule has 0 bridgehead atoms. The minimum atomic E-state index is 0.354. The Labute approximate surface area is 99.7 Å². The second-order valence-electron chi connectivity index (χ2n) is 4.74. The molecule has 0 unspecified atom stereocenters. The van der Waals surface area contributed by atoms with Crippen molar-refractivity contribution in [2.75, 3.05) is 0 Å². The predicted octanol–water partition coefficient (Wildman–Crippen LogP) is 2.26. The maximum Gasteiger partial charge on any atom is 0.158 e. The van der Waals surface area contributed by atoms with Crippen LogP contribution in [-0.4, -0.2) is 20.4 Å². The van der Waals surface area contributed by atoms with Crippen LogP contribution in [0.5, 0.6) is 0 Å². The zero-order valence-corrected chi connectivity index (χ0v) is 9.89. The quantitative estimate of drug-likeness (QED) is 0.753. The van der Waals surface area contributed by atoms with Crippen molar-refractivity contribution < 1.29 is 4.79 Å². The molecular weight excluding hydrogens is 214 g/mol. The molecule has 0 aliphatic heterocycles. The van der Waals surface area contributed by atoms with E-state index < -0.39 is 0 Å². The Bertz CT molecular complexity index is 563. The van der Waals surface area contributed by atoms with Crippen LogP contribution in [0.3, 0.4) is 0 Å². The van der Waals surface area contributed by atoms with Crippen LogP contribution in [0.15, 0.2) is 18.3 Å². The largest absolute Gasteiger partial charge is 0.300 e. The first-order chi connectivity index (χ1) is 8.24. The maximum atomic E-state index is 11.2. The molecule has 0 spiro atoms. The molecule has 4 nitrogen and oxygen atoms in total. The second kappa shape index (κ2) is 3.95. The average Bonchev–Trinajstić information content (AvgIpc) is 2.75. The molecule has 2 aromatic heterocycles. The molecule has 0 atom stereocenters. The molecule has 3 rings (SSSR count). The van der Waals surface area contributed by atoms with Crippen LogP contribution < -0.4 is 0 Å². The summed E-state index contributed by atoms with van der Waals surface area (Å²) >= 11 is 0. The highest BCUT2D eigenvalue weighted by Crippen LogP contribution is 2.29. The smallest absolute Gasteiger partial charge is 0.158 e. The number of carbonyl (C=O) groups is 1. The van der Waals surface area contributed by atoms with Gasteiger partial charge in [-0.2, -0.15) is 5.10 Å². The van der Waals surface area contributed by atoms with Crippen molar-refractivity contribution in [2.45, 2.75) is 38.5 Å². The van der Waals surface area contributed by atoms with Gasteiger partial charge in [0.15, 0.2) is 11.5 Å². The fourth-order valence-corrected chi connectivity index (χ4v) is 2.43. The molecule has 1 fully saturated rings. The molecule has 1 saturated carbocycles. The monoisotopic (exact) mass is 229 g/mol. The van der Waals surface area contributed by atoms with Gasteiger partial charge in [0.25, 0.3) is 0 Å². The van der Waals surface area contributed by atoms with Gasteiger partial charge >= 0.3 is 0 Å². The van der Waals surface area contributed by atoms with Crippen molar-refractivity contribution in [3.05, 3.63) is 29.7 Å². The Balaban J connectivity index is 1.95. The number of aryl methyl sites for hydroxylation is 1. The van der Waals surface area contributed by atoms with E-state index in [1.807, 2.05) is 29.8 Å². The molecule has 1 aliphatic carbocycles. The molecule has 0 saturated heterocycles. The van der Waals surface area contributed by atoms with Crippen LogP contribution in [0.1, 0.15) is 43.0 Å². The van der Waals surface area contributed by atoms with Gasteiger partial charge in [-0.1, -0.05) is 6.07 Å².